The zero-order valence-corrected chi connectivity index (χ0v) is 8.99. The molecule has 12 heavy (non-hydrogen) atoms. The summed E-state index contributed by atoms with van der Waals surface area (Å²) in [6.45, 7) is 7.69. The Hall–Kier alpha value is -0.580. The number of hydrogen-bond acceptors (Lipinski definition) is 3. The predicted molar refractivity (Wildman–Crippen MR) is 50.5 cm³/mol. The molecule has 0 atom stereocenters. The van der Waals surface area contributed by atoms with Crippen molar-refractivity contribution < 1.29 is 8.42 Å². The number of nitrogens with one attached hydrogen (secondary N) is 1. The highest BCUT2D eigenvalue weighted by atomic mass is 32.2. The molecule has 0 heterocycles. The molecule has 4 nitrogen and oxygen atoms in total. The molecule has 0 aliphatic heterocycles. The molecular weight excluding hydrogens is 176 g/mol. The van der Waals surface area contributed by atoms with E-state index in [1.54, 1.807) is 6.92 Å². The minimum atomic E-state index is -3.22. The highest BCUT2D eigenvalue weighted by Crippen LogP contribution is 2.14. The van der Waals surface area contributed by atoms with Crippen LogP contribution in [0, 0.1) is 5.41 Å². The predicted octanol–water partition coefficient (Wildman–Crippen LogP) is 0.958. The average Bonchev–Trinajstić information content (AvgIpc) is 1.78. The van der Waals surface area contributed by atoms with Gasteiger partial charge in [-0.25, -0.2) is 13.2 Å². The molecule has 0 aromatic heterocycles. The molecule has 0 aromatic rings. The van der Waals surface area contributed by atoms with E-state index in [2.05, 4.69) is 9.93 Å². The molecular formula is C7H16N2O2S. The van der Waals surface area contributed by atoms with Gasteiger partial charge in [0.25, 0.3) is 0 Å². The van der Waals surface area contributed by atoms with Crippen LogP contribution in [-0.4, -0.2) is 20.4 Å². The van der Waals surface area contributed by atoms with Crippen LogP contribution < -0.4 is 4.83 Å². The molecule has 0 aromatic carbocycles. The van der Waals surface area contributed by atoms with Crippen molar-refractivity contribution in [2.75, 3.05) is 6.26 Å². The summed E-state index contributed by atoms with van der Waals surface area (Å²) in [6.07, 6.45) is 1.08. The van der Waals surface area contributed by atoms with Crippen LogP contribution >= 0.6 is 0 Å². The van der Waals surface area contributed by atoms with E-state index in [0.29, 0.717) is 0 Å². The van der Waals surface area contributed by atoms with Gasteiger partial charge in [-0.3, -0.25) is 0 Å². The van der Waals surface area contributed by atoms with Gasteiger partial charge in [0.15, 0.2) is 0 Å². The van der Waals surface area contributed by atoms with E-state index in [0.717, 1.165) is 12.0 Å². The largest absolute Gasteiger partial charge is 0.244 e. The monoisotopic (exact) mass is 192 g/mol. The standard InChI is InChI=1S/C7H16N2O2S/c1-6(7(2,3)4)8-9-12(5,10)11/h9H,1-5H3. The Bertz CT molecular complexity index is 272. The van der Waals surface area contributed by atoms with E-state index in [1.165, 1.54) is 0 Å². The summed E-state index contributed by atoms with van der Waals surface area (Å²) in [6, 6.07) is 0. The minimum Gasteiger partial charge on any atom is -0.206 e. The molecule has 5 heteroatoms. The van der Waals surface area contributed by atoms with Gasteiger partial charge in [0.1, 0.15) is 0 Å². The molecule has 1 N–H and O–H groups in total. The Morgan fingerprint density at radius 3 is 2.00 bits per heavy atom. The minimum absolute atomic E-state index is 0.0995. The van der Waals surface area contributed by atoms with Crippen molar-refractivity contribution in [3.8, 4) is 0 Å². The molecule has 0 radical (unpaired) electrons. The second-order valence-electron chi connectivity index (χ2n) is 3.81. The molecule has 0 rings (SSSR count). The zero-order chi connectivity index (χ0) is 9.99. The van der Waals surface area contributed by atoms with Crippen LogP contribution in [0.2, 0.25) is 0 Å². The van der Waals surface area contributed by atoms with Gasteiger partial charge < -0.3 is 0 Å². The lowest BCUT2D eigenvalue weighted by molar-refractivity contribution is 0.574. The lowest BCUT2D eigenvalue weighted by Gasteiger charge is -2.17. The van der Waals surface area contributed by atoms with Crippen molar-refractivity contribution >= 4 is 15.7 Å². The Morgan fingerprint density at radius 2 is 1.75 bits per heavy atom. The first-order chi connectivity index (χ1) is 5.13. The van der Waals surface area contributed by atoms with Gasteiger partial charge >= 0.3 is 0 Å². The molecule has 72 valence electrons. The Balaban J connectivity index is 4.42. The van der Waals surface area contributed by atoms with Gasteiger partial charge in [0.2, 0.25) is 10.0 Å². The van der Waals surface area contributed by atoms with Crippen molar-refractivity contribution in [1.29, 1.82) is 0 Å². The second kappa shape index (κ2) is 3.43. The van der Waals surface area contributed by atoms with E-state index in [1.807, 2.05) is 20.8 Å². The van der Waals surface area contributed by atoms with Gasteiger partial charge in [-0.15, -0.1) is 0 Å². The Morgan fingerprint density at radius 1 is 1.33 bits per heavy atom. The summed E-state index contributed by atoms with van der Waals surface area (Å²) < 4.78 is 21.3. The van der Waals surface area contributed by atoms with E-state index in [4.69, 9.17) is 0 Å². The fraction of sp³-hybridized carbons (Fsp3) is 0.857. The highest BCUT2D eigenvalue weighted by molar-refractivity contribution is 7.88. The van der Waals surface area contributed by atoms with Crippen LogP contribution in [-0.2, 0) is 10.0 Å². The van der Waals surface area contributed by atoms with Crippen molar-refractivity contribution in [2.45, 2.75) is 27.7 Å². The third-order valence-corrected chi connectivity index (χ3v) is 1.89. The van der Waals surface area contributed by atoms with E-state index < -0.39 is 10.0 Å². The van der Waals surface area contributed by atoms with Gasteiger partial charge in [-0.1, -0.05) is 20.8 Å². The number of rotatable bonds is 2. The first-order valence-corrected chi connectivity index (χ1v) is 5.53. The zero-order valence-electron chi connectivity index (χ0n) is 8.17. The van der Waals surface area contributed by atoms with Gasteiger partial charge in [0.05, 0.1) is 6.26 Å². The molecule has 0 amide bonds. The summed E-state index contributed by atoms with van der Waals surface area (Å²) in [5.74, 6) is 0. The van der Waals surface area contributed by atoms with Gasteiger partial charge in [-0.2, -0.15) is 5.10 Å². The Kier molecular flexibility index (Phi) is 3.26. The second-order valence-corrected chi connectivity index (χ2v) is 5.54. The van der Waals surface area contributed by atoms with Gasteiger partial charge in [-0.05, 0) is 6.92 Å². The highest BCUT2D eigenvalue weighted by Gasteiger charge is 2.14. The summed E-state index contributed by atoms with van der Waals surface area (Å²) in [4.78, 5) is 2.09. The van der Waals surface area contributed by atoms with Crippen molar-refractivity contribution in [3.63, 3.8) is 0 Å². The van der Waals surface area contributed by atoms with E-state index in [-0.39, 0.29) is 5.41 Å². The van der Waals surface area contributed by atoms with E-state index >= 15 is 0 Å². The lowest BCUT2D eigenvalue weighted by atomic mass is 9.91. The molecule has 0 aliphatic rings. The molecule has 0 fully saturated rings. The summed E-state index contributed by atoms with van der Waals surface area (Å²) in [5, 5.41) is 3.75. The molecule has 0 aliphatic carbocycles. The molecule has 0 saturated carbocycles. The number of sulfonamides is 1. The summed E-state index contributed by atoms with van der Waals surface area (Å²) in [5.41, 5.74) is 0.658. The Labute approximate surface area is 74.1 Å². The SMILES string of the molecule is CC(=NNS(C)(=O)=O)C(C)(C)C. The fourth-order valence-electron chi connectivity index (χ4n) is 0.319. The smallest absolute Gasteiger partial charge is 0.206 e. The molecule has 0 saturated heterocycles. The van der Waals surface area contributed by atoms with Crippen molar-refractivity contribution in [2.24, 2.45) is 10.5 Å². The van der Waals surface area contributed by atoms with Crippen LogP contribution in [0.5, 0.6) is 0 Å². The first kappa shape index (κ1) is 11.4. The summed E-state index contributed by atoms with van der Waals surface area (Å²) in [7, 11) is -3.22. The van der Waals surface area contributed by atoms with Crippen LogP contribution in [0.25, 0.3) is 0 Å². The number of nitrogens with zero attached hydrogens (tertiary/aromatic N) is 1. The van der Waals surface area contributed by atoms with Crippen molar-refractivity contribution in [1.82, 2.24) is 4.83 Å². The maximum absolute atomic E-state index is 10.6. The van der Waals surface area contributed by atoms with Crippen LogP contribution in [0.4, 0.5) is 0 Å². The van der Waals surface area contributed by atoms with Crippen molar-refractivity contribution in [3.05, 3.63) is 0 Å². The summed E-state index contributed by atoms with van der Waals surface area (Å²) >= 11 is 0. The van der Waals surface area contributed by atoms with Crippen LogP contribution in [0.3, 0.4) is 0 Å². The number of hydrazone groups is 1. The lowest BCUT2D eigenvalue weighted by Crippen LogP contribution is -2.23. The maximum Gasteiger partial charge on any atom is 0.244 e. The topological polar surface area (TPSA) is 58.5 Å². The quantitative estimate of drug-likeness (QED) is 0.523. The van der Waals surface area contributed by atoms with Crippen LogP contribution in [0.1, 0.15) is 27.7 Å². The normalized spacial score (nSPS) is 14.6. The third-order valence-electron chi connectivity index (χ3n) is 1.46. The average molecular weight is 192 g/mol. The molecule has 0 spiro atoms. The first-order valence-electron chi connectivity index (χ1n) is 3.64. The maximum atomic E-state index is 10.6. The molecule has 0 unspecified atom stereocenters. The fourth-order valence-corrected chi connectivity index (χ4v) is 0.622. The van der Waals surface area contributed by atoms with Gasteiger partial charge in [0, 0.05) is 11.1 Å². The van der Waals surface area contributed by atoms with Crippen LogP contribution in [0.15, 0.2) is 5.10 Å². The van der Waals surface area contributed by atoms with E-state index in [9.17, 15) is 8.42 Å². The third kappa shape index (κ3) is 5.12. The number of hydrogen-bond donors (Lipinski definition) is 1. The molecule has 0 bridgehead atoms.